The van der Waals surface area contributed by atoms with Gasteiger partial charge in [-0.25, -0.2) is 14.0 Å². The first-order valence-electron chi connectivity index (χ1n) is 6.36. The Hall–Kier alpha value is -2.11. The van der Waals surface area contributed by atoms with Crippen molar-refractivity contribution in [2.45, 2.75) is 32.9 Å². The largest absolute Gasteiger partial charge is 0.480 e. The fourth-order valence-electron chi connectivity index (χ4n) is 1.73. The minimum Gasteiger partial charge on any atom is -0.480 e. The Bertz CT molecular complexity index is 474. The molecule has 1 aromatic carbocycles. The molecule has 1 rings (SSSR count). The average Bonchev–Trinajstić information content (AvgIpc) is 2.35. The summed E-state index contributed by atoms with van der Waals surface area (Å²) in [6.45, 7) is 5.16. The SMILES string of the molecule is CC(NC(=O)NC(C(=O)O)C(C)C)c1ccc(F)cc1. The quantitative estimate of drug-likeness (QED) is 0.775. The maximum Gasteiger partial charge on any atom is 0.326 e. The second-order valence-electron chi connectivity index (χ2n) is 4.95. The van der Waals surface area contributed by atoms with Gasteiger partial charge in [0.2, 0.25) is 0 Å². The molecule has 0 radical (unpaired) electrons. The molecule has 2 unspecified atom stereocenters. The van der Waals surface area contributed by atoms with Crippen molar-refractivity contribution in [3.8, 4) is 0 Å². The molecule has 0 fully saturated rings. The third-order valence-electron chi connectivity index (χ3n) is 2.94. The van der Waals surface area contributed by atoms with Crippen LogP contribution in [0.4, 0.5) is 9.18 Å². The van der Waals surface area contributed by atoms with E-state index in [1.807, 2.05) is 0 Å². The van der Waals surface area contributed by atoms with E-state index in [9.17, 15) is 14.0 Å². The summed E-state index contributed by atoms with van der Waals surface area (Å²) < 4.78 is 12.8. The van der Waals surface area contributed by atoms with Gasteiger partial charge < -0.3 is 15.7 Å². The van der Waals surface area contributed by atoms with Crippen molar-refractivity contribution >= 4 is 12.0 Å². The van der Waals surface area contributed by atoms with E-state index in [1.165, 1.54) is 12.1 Å². The second-order valence-corrected chi connectivity index (χ2v) is 4.95. The van der Waals surface area contributed by atoms with Crippen LogP contribution < -0.4 is 10.6 Å². The topological polar surface area (TPSA) is 78.4 Å². The molecule has 0 aromatic heterocycles. The zero-order chi connectivity index (χ0) is 15.3. The van der Waals surface area contributed by atoms with Gasteiger partial charge in [-0.3, -0.25) is 0 Å². The second kappa shape index (κ2) is 6.88. The molecule has 0 saturated carbocycles. The van der Waals surface area contributed by atoms with Crippen LogP contribution in [0.25, 0.3) is 0 Å². The molecule has 0 aliphatic heterocycles. The number of hydrogen-bond donors (Lipinski definition) is 3. The Kier molecular flexibility index (Phi) is 5.49. The molecule has 20 heavy (non-hydrogen) atoms. The Morgan fingerprint density at radius 3 is 2.10 bits per heavy atom. The van der Waals surface area contributed by atoms with Crippen molar-refractivity contribution < 1.29 is 19.1 Å². The van der Waals surface area contributed by atoms with Crippen LogP contribution in [0.3, 0.4) is 0 Å². The van der Waals surface area contributed by atoms with Gasteiger partial charge in [-0.15, -0.1) is 0 Å². The van der Waals surface area contributed by atoms with Crippen LogP contribution in [0.5, 0.6) is 0 Å². The van der Waals surface area contributed by atoms with E-state index < -0.39 is 18.0 Å². The van der Waals surface area contributed by atoms with Crippen molar-refractivity contribution in [1.29, 1.82) is 0 Å². The van der Waals surface area contributed by atoms with Crippen LogP contribution in [0.2, 0.25) is 0 Å². The van der Waals surface area contributed by atoms with Crippen molar-refractivity contribution in [1.82, 2.24) is 10.6 Å². The lowest BCUT2D eigenvalue weighted by atomic mass is 10.1. The molecule has 3 N–H and O–H groups in total. The zero-order valence-electron chi connectivity index (χ0n) is 11.7. The highest BCUT2D eigenvalue weighted by Crippen LogP contribution is 2.12. The molecule has 0 saturated heterocycles. The standard InChI is InChI=1S/C14H19FN2O3/c1-8(2)12(13(18)19)17-14(20)16-9(3)10-4-6-11(15)7-5-10/h4-9,12H,1-3H3,(H,18,19)(H2,16,17,20). The first kappa shape index (κ1) is 15.9. The fourth-order valence-corrected chi connectivity index (χ4v) is 1.73. The predicted octanol–water partition coefficient (Wildman–Crippen LogP) is 2.30. The fraction of sp³-hybridized carbons (Fsp3) is 0.429. The predicted molar refractivity (Wildman–Crippen MR) is 72.7 cm³/mol. The van der Waals surface area contributed by atoms with E-state index in [-0.39, 0.29) is 17.8 Å². The molecular weight excluding hydrogens is 263 g/mol. The van der Waals surface area contributed by atoms with E-state index in [1.54, 1.807) is 32.9 Å². The summed E-state index contributed by atoms with van der Waals surface area (Å²) in [5.74, 6) is -1.65. The number of benzene rings is 1. The number of rotatable bonds is 5. The highest BCUT2D eigenvalue weighted by atomic mass is 19.1. The summed E-state index contributed by atoms with van der Waals surface area (Å²) >= 11 is 0. The van der Waals surface area contributed by atoms with Gasteiger partial charge in [0.1, 0.15) is 11.9 Å². The van der Waals surface area contributed by atoms with Gasteiger partial charge in [-0.2, -0.15) is 0 Å². The number of nitrogens with one attached hydrogen (secondary N) is 2. The van der Waals surface area contributed by atoms with Gasteiger partial charge in [-0.1, -0.05) is 26.0 Å². The molecule has 0 heterocycles. The number of halogens is 1. The van der Waals surface area contributed by atoms with Crippen LogP contribution >= 0.6 is 0 Å². The van der Waals surface area contributed by atoms with Gasteiger partial charge in [0.25, 0.3) is 0 Å². The van der Waals surface area contributed by atoms with Gasteiger partial charge in [0.15, 0.2) is 0 Å². The van der Waals surface area contributed by atoms with E-state index >= 15 is 0 Å². The Morgan fingerprint density at radius 1 is 1.10 bits per heavy atom. The van der Waals surface area contributed by atoms with Crippen LogP contribution in [-0.4, -0.2) is 23.1 Å². The molecule has 2 amide bonds. The molecule has 0 aliphatic carbocycles. The summed E-state index contributed by atoms with van der Waals surface area (Å²) in [6.07, 6.45) is 0. The summed E-state index contributed by atoms with van der Waals surface area (Å²) in [5, 5.41) is 14.0. The maximum atomic E-state index is 12.8. The van der Waals surface area contributed by atoms with E-state index in [0.717, 1.165) is 5.56 Å². The summed E-state index contributed by atoms with van der Waals surface area (Å²) in [7, 11) is 0. The lowest BCUT2D eigenvalue weighted by molar-refractivity contribution is -0.140. The molecule has 0 bridgehead atoms. The molecule has 5 nitrogen and oxygen atoms in total. The van der Waals surface area contributed by atoms with Gasteiger partial charge in [0.05, 0.1) is 6.04 Å². The van der Waals surface area contributed by atoms with Crippen molar-refractivity contribution in [2.75, 3.05) is 0 Å². The number of carboxylic acids is 1. The van der Waals surface area contributed by atoms with Crippen LogP contribution in [0, 0.1) is 11.7 Å². The van der Waals surface area contributed by atoms with Crippen LogP contribution in [0.1, 0.15) is 32.4 Å². The van der Waals surface area contributed by atoms with Crippen LogP contribution in [-0.2, 0) is 4.79 Å². The first-order valence-corrected chi connectivity index (χ1v) is 6.36. The zero-order valence-corrected chi connectivity index (χ0v) is 11.7. The average molecular weight is 282 g/mol. The number of hydrogen-bond acceptors (Lipinski definition) is 2. The van der Waals surface area contributed by atoms with Gasteiger partial charge in [-0.05, 0) is 30.5 Å². The van der Waals surface area contributed by atoms with Crippen molar-refractivity contribution in [3.05, 3.63) is 35.6 Å². The van der Waals surface area contributed by atoms with E-state index in [2.05, 4.69) is 10.6 Å². The molecule has 0 spiro atoms. The molecule has 2 atom stereocenters. The number of aliphatic carboxylic acids is 1. The highest BCUT2D eigenvalue weighted by Gasteiger charge is 2.23. The minimum atomic E-state index is -1.08. The van der Waals surface area contributed by atoms with Crippen molar-refractivity contribution in [2.24, 2.45) is 5.92 Å². The highest BCUT2D eigenvalue weighted by molar-refractivity contribution is 5.82. The third kappa shape index (κ3) is 4.53. The van der Waals surface area contributed by atoms with Gasteiger partial charge >= 0.3 is 12.0 Å². The lowest BCUT2D eigenvalue weighted by Gasteiger charge is -2.20. The molecular formula is C14H19FN2O3. The Morgan fingerprint density at radius 2 is 1.65 bits per heavy atom. The number of urea groups is 1. The first-order chi connectivity index (χ1) is 9.31. The number of carboxylic acid groups (broad SMARTS) is 1. The number of amides is 2. The summed E-state index contributed by atoms with van der Waals surface area (Å²) in [4.78, 5) is 22.7. The Labute approximate surface area is 117 Å². The normalized spacial score (nSPS) is 13.7. The van der Waals surface area contributed by atoms with Crippen molar-refractivity contribution in [3.63, 3.8) is 0 Å². The number of carbonyl (C=O) groups excluding carboxylic acids is 1. The lowest BCUT2D eigenvalue weighted by Crippen LogP contribution is -2.49. The Balaban J connectivity index is 2.61. The smallest absolute Gasteiger partial charge is 0.326 e. The molecule has 1 aromatic rings. The number of carbonyl (C=O) groups is 2. The van der Waals surface area contributed by atoms with Gasteiger partial charge in [0, 0.05) is 0 Å². The van der Waals surface area contributed by atoms with Crippen LogP contribution in [0.15, 0.2) is 24.3 Å². The molecule has 0 aliphatic rings. The minimum absolute atomic E-state index is 0.223. The maximum absolute atomic E-state index is 12.8. The molecule has 110 valence electrons. The monoisotopic (exact) mass is 282 g/mol. The molecule has 6 heteroatoms. The summed E-state index contributed by atoms with van der Waals surface area (Å²) in [6, 6.07) is 3.88. The van der Waals surface area contributed by atoms with E-state index in [4.69, 9.17) is 5.11 Å². The van der Waals surface area contributed by atoms with E-state index in [0.29, 0.717) is 0 Å². The third-order valence-corrected chi connectivity index (χ3v) is 2.94. The summed E-state index contributed by atoms with van der Waals surface area (Å²) in [5.41, 5.74) is 0.734.